The third-order valence-electron chi connectivity index (χ3n) is 4.15. The van der Waals surface area contributed by atoms with Crippen molar-refractivity contribution in [3.8, 4) is 0 Å². The number of carbonyl (C=O) groups excluding carboxylic acids is 2. The fourth-order valence-electron chi connectivity index (χ4n) is 2.79. The number of benzene rings is 2. The zero-order chi connectivity index (χ0) is 18.4. The van der Waals surface area contributed by atoms with Crippen molar-refractivity contribution in [3.63, 3.8) is 0 Å². The molecule has 0 amide bonds. The molecule has 0 bridgehead atoms. The number of nitrogens with zero attached hydrogens (tertiary/aromatic N) is 3. The maximum absolute atomic E-state index is 12.6. The molecule has 6 nitrogen and oxygen atoms in total. The molecule has 0 atom stereocenters. The summed E-state index contributed by atoms with van der Waals surface area (Å²) in [5.74, 6) is -0.662. The van der Waals surface area contributed by atoms with Gasteiger partial charge in [0.1, 0.15) is 5.69 Å². The second-order valence-corrected chi connectivity index (χ2v) is 6.00. The van der Waals surface area contributed by atoms with Gasteiger partial charge in [-0.1, -0.05) is 35.6 Å². The van der Waals surface area contributed by atoms with Crippen LogP contribution in [0.3, 0.4) is 0 Å². The average molecular weight is 351 g/mol. The number of carbonyl (C=O) groups is 2. The van der Waals surface area contributed by atoms with E-state index < -0.39 is 5.97 Å². The van der Waals surface area contributed by atoms with E-state index in [0.717, 1.165) is 25.9 Å². The van der Waals surface area contributed by atoms with Crippen LogP contribution in [0.1, 0.15) is 46.0 Å². The highest BCUT2D eigenvalue weighted by molar-refractivity contribution is 6.10. The quantitative estimate of drug-likeness (QED) is 0.444. The largest absolute Gasteiger partial charge is 0.462 e. The monoisotopic (exact) mass is 351 g/mol. The Kier molecular flexibility index (Phi) is 5.73. The number of esters is 1. The van der Waals surface area contributed by atoms with Crippen LogP contribution in [-0.2, 0) is 4.74 Å². The topological polar surface area (TPSA) is 71.3 Å². The third kappa shape index (κ3) is 4.14. The normalized spacial score (nSPS) is 14.0. The standard InChI is InChI=1S/C20H21N3O3/c1-2-26-20(25)17-14-16(19(24)15-8-4-3-5-9-15)10-11-18(17)21-22-23-12-6-7-13-23/h3-5,8-11,14H,2,6-7,12-13H2,1H3. The molecule has 26 heavy (non-hydrogen) atoms. The molecule has 134 valence electrons. The molecule has 0 saturated carbocycles. The van der Waals surface area contributed by atoms with Crippen molar-refractivity contribution in [1.82, 2.24) is 5.01 Å². The minimum Gasteiger partial charge on any atom is -0.462 e. The summed E-state index contributed by atoms with van der Waals surface area (Å²) in [5.41, 5.74) is 1.63. The molecule has 0 spiro atoms. The minimum atomic E-state index is -0.509. The van der Waals surface area contributed by atoms with Crippen molar-refractivity contribution in [2.45, 2.75) is 19.8 Å². The Bertz CT molecular complexity index is 812. The summed E-state index contributed by atoms with van der Waals surface area (Å²) < 4.78 is 5.12. The molecule has 6 heteroatoms. The molecule has 0 N–H and O–H groups in total. The summed E-state index contributed by atoms with van der Waals surface area (Å²) in [6.07, 6.45) is 2.18. The van der Waals surface area contributed by atoms with Gasteiger partial charge in [0.15, 0.2) is 5.78 Å². The van der Waals surface area contributed by atoms with Crippen LogP contribution in [0.4, 0.5) is 5.69 Å². The zero-order valence-electron chi connectivity index (χ0n) is 14.7. The molecule has 2 aromatic carbocycles. The van der Waals surface area contributed by atoms with E-state index in [1.807, 2.05) is 11.1 Å². The van der Waals surface area contributed by atoms with Crippen molar-refractivity contribution >= 4 is 17.4 Å². The van der Waals surface area contributed by atoms with E-state index in [-0.39, 0.29) is 18.0 Å². The van der Waals surface area contributed by atoms with Gasteiger partial charge in [0.2, 0.25) is 0 Å². The second-order valence-electron chi connectivity index (χ2n) is 6.00. The Morgan fingerprint density at radius 2 is 1.77 bits per heavy atom. The van der Waals surface area contributed by atoms with E-state index in [0.29, 0.717) is 16.8 Å². The van der Waals surface area contributed by atoms with Gasteiger partial charge >= 0.3 is 5.97 Å². The highest BCUT2D eigenvalue weighted by Gasteiger charge is 2.18. The van der Waals surface area contributed by atoms with Crippen molar-refractivity contribution in [3.05, 3.63) is 65.2 Å². The molecule has 1 aliphatic rings. The van der Waals surface area contributed by atoms with Crippen molar-refractivity contribution in [2.75, 3.05) is 19.7 Å². The van der Waals surface area contributed by atoms with Gasteiger partial charge in [-0.25, -0.2) is 4.79 Å². The van der Waals surface area contributed by atoms with E-state index in [9.17, 15) is 9.59 Å². The lowest BCUT2D eigenvalue weighted by atomic mass is 10.0. The molecule has 1 saturated heterocycles. The smallest absolute Gasteiger partial charge is 0.340 e. The lowest BCUT2D eigenvalue weighted by molar-refractivity contribution is 0.0527. The molecule has 0 unspecified atom stereocenters. The van der Waals surface area contributed by atoms with Crippen LogP contribution in [0, 0.1) is 0 Å². The van der Waals surface area contributed by atoms with Gasteiger partial charge in [-0.3, -0.25) is 9.80 Å². The van der Waals surface area contributed by atoms with Gasteiger partial charge in [0.05, 0.1) is 12.2 Å². The number of hydrogen-bond acceptors (Lipinski definition) is 5. The van der Waals surface area contributed by atoms with Gasteiger partial charge in [0.25, 0.3) is 0 Å². The summed E-state index contributed by atoms with van der Waals surface area (Å²) >= 11 is 0. The van der Waals surface area contributed by atoms with Gasteiger partial charge in [0, 0.05) is 24.2 Å². The summed E-state index contributed by atoms with van der Waals surface area (Å²) in [5, 5.41) is 10.3. The zero-order valence-corrected chi connectivity index (χ0v) is 14.7. The maximum atomic E-state index is 12.6. The Morgan fingerprint density at radius 3 is 2.46 bits per heavy atom. The first-order chi connectivity index (χ1) is 12.7. The Hall–Kier alpha value is -3.02. The summed E-state index contributed by atoms with van der Waals surface area (Å²) in [7, 11) is 0. The highest BCUT2D eigenvalue weighted by Crippen LogP contribution is 2.24. The molecule has 1 aliphatic heterocycles. The van der Waals surface area contributed by atoms with Crippen LogP contribution < -0.4 is 0 Å². The Balaban J connectivity index is 1.92. The fraction of sp³-hybridized carbons (Fsp3) is 0.300. The molecular formula is C20H21N3O3. The van der Waals surface area contributed by atoms with Crippen LogP contribution in [-0.4, -0.2) is 36.5 Å². The van der Waals surface area contributed by atoms with Crippen LogP contribution in [0.25, 0.3) is 0 Å². The molecule has 1 heterocycles. The van der Waals surface area contributed by atoms with Crippen molar-refractivity contribution < 1.29 is 14.3 Å². The average Bonchev–Trinajstić information content (AvgIpc) is 3.20. The molecule has 3 rings (SSSR count). The summed E-state index contributed by atoms with van der Waals surface area (Å²) in [6, 6.07) is 13.8. The predicted octanol–water partition coefficient (Wildman–Crippen LogP) is 4.19. The Labute approximate surface area is 152 Å². The second kappa shape index (κ2) is 8.38. The van der Waals surface area contributed by atoms with Gasteiger partial charge in [-0.05, 0) is 38.0 Å². The summed E-state index contributed by atoms with van der Waals surface area (Å²) in [6.45, 7) is 3.71. The Morgan fingerprint density at radius 1 is 1.04 bits per heavy atom. The third-order valence-corrected chi connectivity index (χ3v) is 4.15. The molecule has 2 aromatic rings. The molecular weight excluding hydrogens is 330 g/mol. The van der Waals surface area contributed by atoms with Crippen LogP contribution >= 0.6 is 0 Å². The van der Waals surface area contributed by atoms with Gasteiger partial charge in [-0.2, -0.15) is 0 Å². The number of rotatable bonds is 6. The van der Waals surface area contributed by atoms with Crippen molar-refractivity contribution in [1.29, 1.82) is 0 Å². The fourth-order valence-corrected chi connectivity index (χ4v) is 2.79. The van der Waals surface area contributed by atoms with Crippen LogP contribution in [0.5, 0.6) is 0 Å². The SMILES string of the molecule is CCOC(=O)c1cc(C(=O)c2ccccc2)ccc1N=NN1CCCC1. The lowest BCUT2D eigenvalue weighted by Crippen LogP contribution is -2.10. The molecule has 0 radical (unpaired) electrons. The molecule has 1 fully saturated rings. The number of ketones is 1. The first-order valence-corrected chi connectivity index (χ1v) is 8.76. The van der Waals surface area contributed by atoms with Gasteiger partial charge in [-0.15, -0.1) is 5.11 Å². The van der Waals surface area contributed by atoms with E-state index in [2.05, 4.69) is 10.3 Å². The van der Waals surface area contributed by atoms with E-state index in [1.165, 1.54) is 6.07 Å². The molecule has 0 aromatic heterocycles. The predicted molar refractivity (Wildman–Crippen MR) is 97.6 cm³/mol. The van der Waals surface area contributed by atoms with E-state index in [1.54, 1.807) is 43.3 Å². The number of hydrogen-bond donors (Lipinski definition) is 0. The van der Waals surface area contributed by atoms with E-state index >= 15 is 0 Å². The molecule has 0 aliphatic carbocycles. The maximum Gasteiger partial charge on any atom is 0.340 e. The van der Waals surface area contributed by atoms with Crippen molar-refractivity contribution in [2.24, 2.45) is 10.3 Å². The first-order valence-electron chi connectivity index (χ1n) is 8.76. The highest BCUT2D eigenvalue weighted by atomic mass is 16.5. The summed E-state index contributed by atoms with van der Waals surface area (Å²) in [4.78, 5) is 25.0. The van der Waals surface area contributed by atoms with E-state index in [4.69, 9.17) is 4.74 Å². The lowest BCUT2D eigenvalue weighted by Gasteiger charge is -2.10. The first kappa shape index (κ1) is 17.8. The van der Waals surface area contributed by atoms with Gasteiger partial charge < -0.3 is 4.74 Å². The minimum absolute atomic E-state index is 0.154. The van der Waals surface area contributed by atoms with Crippen LogP contribution in [0.15, 0.2) is 58.9 Å². The van der Waals surface area contributed by atoms with Crippen LogP contribution in [0.2, 0.25) is 0 Å². The number of ether oxygens (including phenoxy) is 1.